The van der Waals surface area contributed by atoms with Crippen molar-refractivity contribution in [2.45, 2.75) is 30.4 Å². The second-order valence-electron chi connectivity index (χ2n) is 4.07. The number of hydrogen-bond donors (Lipinski definition) is 0. The number of sulfone groups is 1. The van der Waals surface area contributed by atoms with Crippen LogP contribution in [0.3, 0.4) is 0 Å². The Morgan fingerprint density at radius 2 is 0.758 bits per heavy atom. The lowest BCUT2D eigenvalue weighted by molar-refractivity contribution is 0.559. The van der Waals surface area contributed by atoms with Crippen LogP contribution in [0.2, 0.25) is 0 Å². The van der Waals surface area contributed by atoms with Crippen molar-refractivity contribution in [2.75, 3.05) is 0 Å². The van der Waals surface area contributed by atoms with Gasteiger partial charge in [0.15, 0.2) is 47.4 Å². The largest absolute Gasteiger partial charge is 0.412 e. The van der Waals surface area contributed by atoms with Gasteiger partial charge in [0.05, 0.1) is 9.64 Å². The molecule has 0 atom stereocenters. The molecular weight excluding hydrogens is 587 g/mol. The maximum atomic E-state index is 12.6. The third kappa shape index (κ3) is 45.6. The molecule has 0 heterocycles. The third-order valence-electron chi connectivity index (χ3n) is 1.93. The summed E-state index contributed by atoms with van der Waals surface area (Å²) in [6.07, 6.45) is 0. The number of hydrogen-bond acceptors (Lipinski definition) is 8. The van der Waals surface area contributed by atoms with Gasteiger partial charge in [-0.15, -0.1) is 0 Å². The SMILES string of the molecule is CC(C)(C)S(=O)(=O)c1ccc(F)cc1.O.O.O.O.O.O.O.O.O.O.O.O=S.O=S.O=S.S.S. The van der Waals surface area contributed by atoms with Crippen LogP contribution in [0, 0.1) is 5.82 Å². The minimum atomic E-state index is -3.36. The average Bonchev–Trinajstić information content (AvgIpc) is 2.45. The molecule has 33 heavy (non-hydrogen) atoms. The summed E-state index contributed by atoms with van der Waals surface area (Å²) >= 11 is 8.50. The lowest BCUT2D eigenvalue weighted by Crippen LogP contribution is -2.27. The van der Waals surface area contributed by atoms with Crippen molar-refractivity contribution in [3.63, 3.8) is 0 Å². The fourth-order valence-corrected chi connectivity index (χ4v) is 2.17. The van der Waals surface area contributed by atoms with Gasteiger partial charge >= 0.3 is 0 Å². The van der Waals surface area contributed by atoms with Crippen LogP contribution in [-0.4, -0.2) is 86.0 Å². The quantitative estimate of drug-likeness (QED) is 0.269. The van der Waals surface area contributed by atoms with Gasteiger partial charge in [-0.3, -0.25) is 0 Å². The predicted octanol–water partition coefficient (Wildman–Crippen LogP) is -7.46. The topological polar surface area (TPSA) is 432 Å². The predicted molar refractivity (Wildman–Crippen MR) is 138 cm³/mol. The van der Waals surface area contributed by atoms with E-state index in [-0.39, 0.29) is 92.1 Å². The van der Waals surface area contributed by atoms with Crippen molar-refractivity contribution in [1.29, 1.82) is 0 Å². The van der Waals surface area contributed by atoms with Crippen LogP contribution in [0.5, 0.6) is 0 Å². The van der Waals surface area contributed by atoms with Gasteiger partial charge in [0.25, 0.3) is 0 Å². The minimum absolute atomic E-state index is 0. The Balaban J connectivity index is -0.0000000101. The van der Waals surface area contributed by atoms with Crippen LogP contribution in [0.4, 0.5) is 4.39 Å². The Kier molecular flexibility index (Phi) is 228. The molecule has 22 N–H and O–H groups in total. The van der Waals surface area contributed by atoms with E-state index < -0.39 is 20.4 Å². The monoisotopic (exact) mass is 626 g/mol. The molecule has 0 fully saturated rings. The molecule has 218 valence electrons. The molecule has 0 saturated heterocycles. The first-order valence-electron chi connectivity index (χ1n) is 4.75. The van der Waals surface area contributed by atoms with E-state index in [0.29, 0.717) is 0 Å². The Morgan fingerprint density at radius 3 is 0.909 bits per heavy atom. The highest BCUT2D eigenvalue weighted by molar-refractivity contribution is 7.92. The smallest absolute Gasteiger partial charge is 0.197 e. The summed E-state index contributed by atoms with van der Waals surface area (Å²) in [5.74, 6) is -0.433. The molecule has 0 amide bonds. The molecule has 1 rings (SSSR count). The van der Waals surface area contributed by atoms with Crippen LogP contribution < -0.4 is 0 Å². The van der Waals surface area contributed by atoms with Crippen molar-refractivity contribution in [1.82, 2.24) is 0 Å². The lowest BCUT2D eigenvalue weighted by atomic mass is 10.3. The molecule has 0 aromatic heterocycles. The maximum Gasteiger partial charge on any atom is 0.197 e. The van der Waals surface area contributed by atoms with Gasteiger partial charge in [-0.1, -0.05) is 0 Å². The first kappa shape index (κ1) is 119. The molecule has 0 unspecified atom stereocenters. The van der Waals surface area contributed by atoms with Crippen LogP contribution in [0.1, 0.15) is 20.8 Å². The van der Waals surface area contributed by atoms with E-state index in [4.69, 9.17) is 12.6 Å². The zero-order valence-electron chi connectivity index (χ0n) is 17.4. The highest BCUT2D eigenvalue weighted by Crippen LogP contribution is 2.24. The molecule has 0 bridgehead atoms. The summed E-state index contributed by atoms with van der Waals surface area (Å²) in [6.45, 7) is 4.85. The Morgan fingerprint density at radius 1 is 0.576 bits per heavy atom. The summed E-state index contributed by atoms with van der Waals surface area (Å²) in [5, 5.41) is 0. The van der Waals surface area contributed by atoms with Gasteiger partial charge in [0.2, 0.25) is 0 Å². The van der Waals surface area contributed by atoms with E-state index in [9.17, 15) is 12.8 Å². The number of rotatable bonds is 1. The number of halogens is 1. The van der Waals surface area contributed by atoms with Gasteiger partial charge < -0.3 is 60.2 Å². The van der Waals surface area contributed by atoms with Crippen LogP contribution in [0.25, 0.3) is 0 Å². The van der Waals surface area contributed by atoms with Crippen molar-refractivity contribution in [3.8, 4) is 0 Å². The van der Waals surface area contributed by atoms with Crippen molar-refractivity contribution < 1.29 is 85.7 Å². The highest BCUT2D eigenvalue weighted by atomic mass is 32.2. The van der Waals surface area contributed by atoms with Gasteiger partial charge in [-0.25, -0.2) is 12.8 Å². The molecule has 1 aromatic rings. The second kappa shape index (κ2) is 63.4. The first-order valence-corrected chi connectivity index (χ1v) is 7.24. The number of benzene rings is 1. The Hall–Kier alpha value is -0.580. The van der Waals surface area contributed by atoms with Crippen molar-refractivity contribution in [3.05, 3.63) is 30.1 Å². The molecule has 0 aliphatic carbocycles. The van der Waals surface area contributed by atoms with Crippen LogP contribution >= 0.6 is 27.0 Å². The molecule has 0 spiro atoms. The van der Waals surface area contributed by atoms with Gasteiger partial charge in [0, 0.05) is 0 Å². The molecule has 23 heteroatoms. The van der Waals surface area contributed by atoms with Gasteiger partial charge in [0.1, 0.15) is 5.82 Å². The summed E-state index contributed by atoms with van der Waals surface area (Å²) in [4.78, 5) is 0.159. The fraction of sp³-hybridized carbons (Fsp3) is 0.400. The third-order valence-corrected chi connectivity index (χ3v) is 4.44. The normalized spacial score (nSPS) is 5.82. The van der Waals surface area contributed by atoms with Crippen molar-refractivity contribution in [2.24, 2.45) is 0 Å². The van der Waals surface area contributed by atoms with Gasteiger partial charge in [-0.2, -0.15) is 39.6 Å². The second-order valence-corrected chi connectivity index (χ2v) is 6.77. The lowest BCUT2D eigenvalue weighted by Gasteiger charge is -2.18. The van der Waals surface area contributed by atoms with E-state index >= 15 is 0 Å². The first-order chi connectivity index (χ1) is 9.25. The van der Waals surface area contributed by atoms with E-state index in [0.717, 1.165) is 12.1 Å². The zero-order chi connectivity index (χ0) is 17.0. The molecule has 0 aliphatic heterocycles. The maximum absolute atomic E-state index is 12.6. The molecule has 16 nitrogen and oxygen atoms in total. The fourth-order valence-electron chi connectivity index (χ4n) is 0.967. The van der Waals surface area contributed by atoms with E-state index in [1.807, 2.05) is 0 Å². The van der Waals surface area contributed by atoms with E-state index in [2.05, 4.69) is 37.6 Å². The molecule has 0 saturated carbocycles. The van der Waals surface area contributed by atoms with E-state index in [1.54, 1.807) is 20.8 Å². The van der Waals surface area contributed by atoms with Crippen molar-refractivity contribution >= 4 is 74.4 Å². The van der Waals surface area contributed by atoms with Crippen LogP contribution in [0.15, 0.2) is 29.2 Å². The summed E-state index contributed by atoms with van der Waals surface area (Å²) in [6, 6.07) is 4.88. The highest BCUT2D eigenvalue weighted by Gasteiger charge is 2.30. The Bertz CT molecular complexity index is 485. The van der Waals surface area contributed by atoms with Crippen LogP contribution in [-0.2, 0) is 47.4 Å². The molecular formula is C10H39FO16S6. The summed E-state index contributed by atoms with van der Waals surface area (Å²) in [5.41, 5.74) is 0. The molecule has 1 aromatic carbocycles. The zero-order valence-corrected chi connectivity index (χ0v) is 22.6. The standard InChI is InChI=1S/C10H13FO2S.3OS.11H2O.2H2S/c1-10(2,3)14(12,13)9-6-4-8(11)5-7-9;3*1-2;;;;;;;;;;;;;/h4-7H,1-3H3;;;;13*1H2. The minimum Gasteiger partial charge on any atom is -0.412 e. The average molecular weight is 627 g/mol. The van der Waals surface area contributed by atoms with Gasteiger partial charge in [-0.05, 0) is 45.0 Å². The summed E-state index contributed by atoms with van der Waals surface area (Å²) in [7, 11) is -3.36. The molecule has 0 aliphatic rings. The Labute approximate surface area is 220 Å². The van der Waals surface area contributed by atoms with E-state index in [1.165, 1.54) is 12.1 Å². The summed E-state index contributed by atoms with van der Waals surface area (Å²) < 4.78 is 58.9. The molecule has 0 radical (unpaired) electrons.